The lowest BCUT2D eigenvalue weighted by Crippen LogP contribution is -2.35. The number of carbonyl (C=O) groups is 2. The maximum atomic E-state index is 12.8. The Labute approximate surface area is 142 Å². The summed E-state index contributed by atoms with van der Waals surface area (Å²) in [7, 11) is 0. The maximum absolute atomic E-state index is 12.8. The average molecular weight is 322 g/mol. The van der Waals surface area contributed by atoms with Crippen LogP contribution in [0.15, 0.2) is 36.4 Å². The molecule has 1 fully saturated rings. The van der Waals surface area contributed by atoms with Crippen LogP contribution in [0.3, 0.4) is 0 Å². The largest absolute Gasteiger partial charge is 0.373 e. The number of nitrogens with one attached hydrogen (secondary N) is 1. The summed E-state index contributed by atoms with van der Waals surface area (Å²) in [5.74, 6) is -0.345. The second-order valence-corrected chi connectivity index (χ2v) is 6.58. The minimum absolute atomic E-state index is 0.158. The van der Waals surface area contributed by atoms with E-state index in [1.54, 1.807) is 0 Å². The van der Waals surface area contributed by atoms with E-state index in [-0.39, 0.29) is 18.2 Å². The fourth-order valence-electron chi connectivity index (χ4n) is 3.13. The van der Waals surface area contributed by atoms with Crippen molar-refractivity contribution in [1.82, 2.24) is 0 Å². The van der Waals surface area contributed by atoms with Gasteiger partial charge in [-0.25, -0.2) is 4.90 Å². The van der Waals surface area contributed by atoms with Gasteiger partial charge in [0, 0.05) is 5.69 Å². The third-order valence-electron chi connectivity index (χ3n) is 4.46. The van der Waals surface area contributed by atoms with Gasteiger partial charge in [0.25, 0.3) is 5.91 Å². The number of imide groups is 1. The van der Waals surface area contributed by atoms with Gasteiger partial charge in [0.05, 0.1) is 12.1 Å². The van der Waals surface area contributed by atoms with Gasteiger partial charge >= 0.3 is 0 Å². The number of benzene rings is 2. The Balaban J connectivity index is 1.87. The summed E-state index contributed by atoms with van der Waals surface area (Å²) in [6.45, 7) is 7.92. The zero-order chi connectivity index (χ0) is 17.4. The highest BCUT2D eigenvalue weighted by atomic mass is 16.2. The predicted octanol–water partition coefficient (Wildman–Crippen LogP) is 3.66. The molecule has 4 heteroatoms. The minimum Gasteiger partial charge on any atom is -0.373 e. The summed E-state index contributed by atoms with van der Waals surface area (Å²) in [5, 5.41) is 3.25. The Morgan fingerprint density at radius 1 is 0.917 bits per heavy atom. The third-order valence-corrected chi connectivity index (χ3v) is 4.46. The first-order valence-electron chi connectivity index (χ1n) is 8.14. The maximum Gasteiger partial charge on any atom is 0.256 e. The van der Waals surface area contributed by atoms with E-state index in [4.69, 9.17) is 0 Å². The molecular weight excluding hydrogens is 300 g/mol. The van der Waals surface area contributed by atoms with Crippen LogP contribution in [0, 0.1) is 27.7 Å². The first-order chi connectivity index (χ1) is 11.4. The molecule has 24 heavy (non-hydrogen) atoms. The number of nitrogens with zero attached hydrogens (tertiary/aromatic N) is 1. The van der Waals surface area contributed by atoms with Crippen molar-refractivity contribution in [3.63, 3.8) is 0 Å². The highest BCUT2D eigenvalue weighted by molar-refractivity contribution is 6.23. The molecule has 0 unspecified atom stereocenters. The summed E-state index contributed by atoms with van der Waals surface area (Å²) in [6, 6.07) is 11.3. The highest BCUT2D eigenvalue weighted by Crippen LogP contribution is 2.29. The summed E-state index contributed by atoms with van der Waals surface area (Å²) >= 11 is 0. The molecule has 0 aromatic heterocycles. The van der Waals surface area contributed by atoms with Crippen LogP contribution in [-0.4, -0.2) is 17.9 Å². The van der Waals surface area contributed by atoms with Gasteiger partial charge in [-0.1, -0.05) is 29.8 Å². The van der Waals surface area contributed by atoms with Crippen LogP contribution in [0.5, 0.6) is 0 Å². The van der Waals surface area contributed by atoms with Gasteiger partial charge in [-0.05, 0) is 56.5 Å². The van der Waals surface area contributed by atoms with Crippen molar-refractivity contribution in [3.8, 4) is 0 Å². The number of hydrogen-bond acceptors (Lipinski definition) is 3. The molecule has 1 heterocycles. The Bertz CT molecular complexity index is 826. The molecule has 2 amide bonds. The van der Waals surface area contributed by atoms with Crippen molar-refractivity contribution in [2.75, 3.05) is 10.2 Å². The topological polar surface area (TPSA) is 49.4 Å². The number of carbonyl (C=O) groups excluding carboxylic acids is 2. The normalized spacial score (nSPS) is 17.5. The van der Waals surface area contributed by atoms with Gasteiger partial charge < -0.3 is 5.32 Å². The van der Waals surface area contributed by atoms with Gasteiger partial charge in [0.2, 0.25) is 5.91 Å². The van der Waals surface area contributed by atoms with Crippen LogP contribution < -0.4 is 10.2 Å². The number of amides is 2. The Morgan fingerprint density at radius 2 is 1.58 bits per heavy atom. The molecule has 3 rings (SSSR count). The lowest BCUT2D eigenvalue weighted by atomic mass is 10.1. The molecule has 0 radical (unpaired) electrons. The van der Waals surface area contributed by atoms with Crippen LogP contribution in [0.1, 0.15) is 28.7 Å². The zero-order valence-electron chi connectivity index (χ0n) is 14.5. The first kappa shape index (κ1) is 16.2. The molecule has 1 saturated heterocycles. The molecule has 1 atom stereocenters. The number of anilines is 2. The molecule has 2 aromatic rings. The van der Waals surface area contributed by atoms with E-state index in [9.17, 15) is 9.59 Å². The van der Waals surface area contributed by atoms with E-state index in [1.165, 1.54) is 4.90 Å². The van der Waals surface area contributed by atoms with Gasteiger partial charge in [0.15, 0.2) is 0 Å². The van der Waals surface area contributed by atoms with Gasteiger partial charge in [-0.3, -0.25) is 9.59 Å². The smallest absolute Gasteiger partial charge is 0.256 e. The molecule has 0 bridgehead atoms. The van der Waals surface area contributed by atoms with Gasteiger partial charge in [0.1, 0.15) is 6.04 Å². The van der Waals surface area contributed by atoms with Crippen LogP contribution in [0.25, 0.3) is 0 Å². The quantitative estimate of drug-likeness (QED) is 0.877. The zero-order valence-corrected chi connectivity index (χ0v) is 14.5. The summed E-state index contributed by atoms with van der Waals surface area (Å²) < 4.78 is 0. The number of hydrogen-bond donors (Lipinski definition) is 1. The molecule has 4 nitrogen and oxygen atoms in total. The summed E-state index contributed by atoms with van der Waals surface area (Å²) in [6.07, 6.45) is 0.180. The second-order valence-electron chi connectivity index (χ2n) is 6.58. The summed E-state index contributed by atoms with van der Waals surface area (Å²) in [4.78, 5) is 26.6. The van der Waals surface area contributed by atoms with Gasteiger partial charge in [-0.15, -0.1) is 0 Å². The van der Waals surface area contributed by atoms with Crippen LogP contribution >= 0.6 is 0 Å². The molecule has 1 N–H and O–H groups in total. The molecule has 2 aromatic carbocycles. The Morgan fingerprint density at radius 3 is 2.29 bits per heavy atom. The monoisotopic (exact) mass is 322 g/mol. The molecule has 1 aliphatic heterocycles. The van der Waals surface area contributed by atoms with Crippen molar-refractivity contribution in [2.24, 2.45) is 0 Å². The second kappa shape index (κ2) is 6.11. The van der Waals surface area contributed by atoms with Crippen molar-refractivity contribution in [2.45, 2.75) is 40.2 Å². The highest BCUT2D eigenvalue weighted by Gasteiger charge is 2.40. The van der Waals surface area contributed by atoms with Crippen molar-refractivity contribution in [1.29, 1.82) is 0 Å². The third kappa shape index (κ3) is 2.92. The number of aryl methyl sites for hydroxylation is 4. The van der Waals surface area contributed by atoms with Crippen LogP contribution in [0.4, 0.5) is 11.4 Å². The lowest BCUT2D eigenvalue weighted by Gasteiger charge is -2.19. The van der Waals surface area contributed by atoms with Crippen molar-refractivity contribution < 1.29 is 9.59 Å². The fraction of sp³-hybridized carbons (Fsp3) is 0.300. The van der Waals surface area contributed by atoms with Gasteiger partial charge in [-0.2, -0.15) is 0 Å². The molecule has 1 aliphatic rings. The average Bonchev–Trinajstić information content (AvgIpc) is 2.78. The molecular formula is C20H22N2O2. The van der Waals surface area contributed by atoms with E-state index >= 15 is 0 Å². The van der Waals surface area contributed by atoms with E-state index < -0.39 is 6.04 Å². The van der Waals surface area contributed by atoms with E-state index in [1.807, 2.05) is 64.1 Å². The van der Waals surface area contributed by atoms with Crippen molar-refractivity contribution in [3.05, 3.63) is 58.7 Å². The Hall–Kier alpha value is -2.62. The SMILES string of the molecule is Cc1ccc(N2C(=O)C[C@@H](Nc3cc(C)ccc3C)C2=O)c(C)c1. The fourth-order valence-corrected chi connectivity index (χ4v) is 3.13. The molecule has 124 valence electrons. The molecule has 0 saturated carbocycles. The molecule has 0 aliphatic carbocycles. The number of rotatable bonds is 3. The lowest BCUT2D eigenvalue weighted by molar-refractivity contribution is -0.121. The Kier molecular flexibility index (Phi) is 4.14. The van der Waals surface area contributed by atoms with Crippen LogP contribution in [0.2, 0.25) is 0 Å². The predicted molar refractivity (Wildman–Crippen MR) is 96.4 cm³/mol. The van der Waals surface area contributed by atoms with Crippen LogP contribution in [-0.2, 0) is 9.59 Å². The molecule has 0 spiro atoms. The first-order valence-corrected chi connectivity index (χ1v) is 8.14. The minimum atomic E-state index is -0.515. The standard InChI is InChI=1S/C20H22N2O2/c1-12-6-8-18(15(4)9-12)22-19(23)11-17(20(22)24)21-16-10-13(2)5-7-14(16)3/h5-10,17,21H,11H2,1-4H3/t17-/m1/s1. The summed E-state index contributed by atoms with van der Waals surface area (Å²) in [5.41, 5.74) is 5.81. The van der Waals surface area contributed by atoms with Crippen molar-refractivity contribution >= 4 is 23.2 Å². The van der Waals surface area contributed by atoms with E-state index in [2.05, 4.69) is 5.32 Å². The van der Waals surface area contributed by atoms with E-state index in [0.717, 1.165) is 27.9 Å². The van der Waals surface area contributed by atoms with E-state index in [0.29, 0.717) is 5.69 Å².